The molecular weight excluding hydrogens is 497 g/mol. The molecule has 0 radical (unpaired) electrons. The standard InChI is InChI=1S/C26H42N4O2S3/c1-6-13-27-17-26-30-22(23(7-2)34-26)18-33-16-15-29-25(28-14-12-20(3)4)19-35(31,32)24-11-9-8-10-21(24)5/h8-11,19-20,27-29H,6-7,12-18H2,1-5H3. The maximum Gasteiger partial charge on any atom is 0.203 e. The van der Waals surface area contributed by atoms with Crippen LogP contribution in [0, 0.1) is 12.8 Å². The Morgan fingerprint density at radius 2 is 1.89 bits per heavy atom. The molecular formula is C26H42N4O2S3. The maximum atomic E-state index is 13.0. The van der Waals surface area contributed by atoms with Crippen molar-refractivity contribution in [3.05, 3.63) is 56.6 Å². The zero-order valence-electron chi connectivity index (χ0n) is 21.8. The number of rotatable bonds is 17. The summed E-state index contributed by atoms with van der Waals surface area (Å²) in [5.41, 5.74) is 1.93. The predicted molar refractivity (Wildman–Crippen MR) is 152 cm³/mol. The predicted octanol–water partition coefficient (Wildman–Crippen LogP) is 5.24. The first-order valence-electron chi connectivity index (χ1n) is 12.5. The molecule has 0 amide bonds. The van der Waals surface area contributed by atoms with E-state index in [1.807, 2.05) is 30.8 Å². The molecule has 2 aromatic rings. The molecule has 35 heavy (non-hydrogen) atoms. The Morgan fingerprint density at radius 3 is 2.57 bits per heavy atom. The molecule has 0 unspecified atom stereocenters. The van der Waals surface area contributed by atoms with E-state index < -0.39 is 9.84 Å². The Morgan fingerprint density at radius 1 is 1.14 bits per heavy atom. The molecule has 0 saturated heterocycles. The number of nitrogens with one attached hydrogen (secondary N) is 3. The van der Waals surface area contributed by atoms with E-state index in [4.69, 9.17) is 4.98 Å². The third-order valence-corrected chi connectivity index (χ3v) is 9.19. The Hall–Kier alpha value is -1.55. The molecule has 9 heteroatoms. The topological polar surface area (TPSA) is 83.1 Å². The number of hydrogen-bond acceptors (Lipinski definition) is 8. The van der Waals surface area contributed by atoms with Crippen molar-refractivity contribution in [2.75, 3.05) is 25.4 Å². The zero-order chi connectivity index (χ0) is 25.7. The van der Waals surface area contributed by atoms with Gasteiger partial charge in [-0.05, 0) is 50.3 Å². The Kier molecular flexibility index (Phi) is 13.2. The molecule has 0 fully saturated rings. The smallest absolute Gasteiger partial charge is 0.203 e. The molecule has 0 spiro atoms. The van der Waals surface area contributed by atoms with Gasteiger partial charge in [0.15, 0.2) is 0 Å². The highest BCUT2D eigenvalue weighted by atomic mass is 32.2. The minimum Gasteiger partial charge on any atom is -0.371 e. The lowest BCUT2D eigenvalue weighted by atomic mass is 10.1. The fourth-order valence-electron chi connectivity index (χ4n) is 3.44. The van der Waals surface area contributed by atoms with Gasteiger partial charge in [0.05, 0.1) is 16.0 Å². The molecule has 0 aliphatic carbocycles. The Bertz CT molecular complexity index is 1030. The van der Waals surface area contributed by atoms with Gasteiger partial charge < -0.3 is 16.0 Å². The number of thiazole rings is 1. The van der Waals surface area contributed by atoms with Crippen LogP contribution in [0.2, 0.25) is 0 Å². The molecule has 0 bridgehead atoms. The first-order valence-corrected chi connectivity index (χ1v) is 16.0. The summed E-state index contributed by atoms with van der Waals surface area (Å²) in [6.45, 7) is 13.7. The van der Waals surface area contributed by atoms with Crippen LogP contribution in [0.15, 0.2) is 40.4 Å². The van der Waals surface area contributed by atoms with Crippen LogP contribution in [0.5, 0.6) is 0 Å². The molecule has 0 atom stereocenters. The normalized spacial score (nSPS) is 12.3. The van der Waals surface area contributed by atoms with Gasteiger partial charge in [0.1, 0.15) is 10.8 Å². The number of aromatic nitrogens is 1. The van der Waals surface area contributed by atoms with Crippen LogP contribution in [0.25, 0.3) is 0 Å². The van der Waals surface area contributed by atoms with E-state index in [9.17, 15) is 8.42 Å². The quantitative estimate of drug-likeness (QED) is 0.237. The van der Waals surface area contributed by atoms with Gasteiger partial charge in [0.25, 0.3) is 0 Å². The summed E-state index contributed by atoms with van der Waals surface area (Å²) in [5, 5.41) is 12.5. The second kappa shape index (κ2) is 15.5. The summed E-state index contributed by atoms with van der Waals surface area (Å²) in [5.74, 6) is 2.83. The largest absolute Gasteiger partial charge is 0.371 e. The average Bonchev–Trinajstić information content (AvgIpc) is 3.20. The number of thioether (sulfide) groups is 1. The summed E-state index contributed by atoms with van der Waals surface area (Å²) in [6.07, 6.45) is 3.09. The minimum absolute atomic E-state index is 0.346. The van der Waals surface area contributed by atoms with E-state index in [1.54, 1.807) is 23.5 Å². The highest BCUT2D eigenvalue weighted by Gasteiger charge is 2.15. The lowest BCUT2D eigenvalue weighted by Gasteiger charge is -2.15. The van der Waals surface area contributed by atoms with Crippen molar-refractivity contribution in [2.24, 2.45) is 5.92 Å². The molecule has 2 rings (SSSR count). The summed E-state index contributed by atoms with van der Waals surface area (Å²) < 4.78 is 26.1. The van der Waals surface area contributed by atoms with Crippen LogP contribution >= 0.6 is 23.1 Å². The van der Waals surface area contributed by atoms with Crippen LogP contribution in [0.3, 0.4) is 0 Å². The minimum atomic E-state index is -3.55. The van der Waals surface area contributed by atoms with Crippen molar-refractivity contribution < 1.29 is 8.42 Å². The second-order valence-electron chi connectivity index (χ2n) is 8.94. The van der Waals surface area contributed by atoms with Crippen LogP contribution in [0.1, 0.15) is 61.7 Å². The molecule has 0 aliphatic heterocycles. The van der Waals surface area contributed by atoms with Crippen molar-refractivity contribution in [1.29, 1.82) is 0 Å². The van der Waals surface area contributed by atoms with Gasteiger partial charge in [-0.2, -0.15) is 11.8 Å². The number of aryl methyl sites for hydroxylation is 2. The average molecular weight is 539 g/mol. The van der Waals surface area contributed by atoms with Crippen LogP contribution in [-0.2, 0) is 28.6 Å². The van der Waals surface area contributed by atoms with Gasteiger partial charge in [-0.1, -0.05) is 45.9 Å². The number of benzene rings is 1. The zero-order valence-corrected chi connectivity index (χ0v) is 24.3. The number of hydrogen-bond donors (Lipinski definition) is 3. The molecule has 1 aromatic carbocycles. The van der Waals surface area contributed by atoms with Gasteiger partial charge in [-0.25, -0.2) is 13.4 Å². The van der Waals surface area contributed by atoms with E-state index in [-0.39, 0.29) is 0 Å². The highest BCUT2D eigenvalue weighted by Crippen LogP contribution is 2.23. The third kappa shape index (κ3) is 10.5. The van der Waals surface area contributed by atoms with E-state index >= 15 is 0 Å². The van der Waals surface area contributed by atoms with E-state index in [0.29, 0.717) is 23.2 Å². The Balaban J connectivity index is 1.95. The summed E-state index contributed by atoms with van der Waals surface area (Å²) in [6, 6.07) is 7.10. The van der Waals surface area contributed by atoms with Crippen molar-refractivity contribution in [2.45, 2.75) is 71.1 Å². The second-order valence-corrected chi connectivity index (χ2v) is 13.0. The third-order valence-electron chi connectivity index (χ3n) is 5.36. The molecule has 3 N–H and O–H groups in total. The molecule has 6 nitrogen and oxygen atoms in total. The number of sulfone groups is 1. The van der Waals surface area contributed by atoms with Gasteiger partial charge in [0.2, 0.25) is 9.84 Å². The van der Waals surface area contributed by atoms with Crippen molar-refractivity contribution in [1.82, 2.24) is 20.9 Å². The van der Waals surface area contributed by atoms with Crippen LogP contribution in [-0.4, -0.2) is 38.8 Å². The van der Waals surface area contributed by atoms with Crippen LogP contribution in [0.4, 0.5) is 0 Å². The van der Waals surface area contributed by atoms with Crippen molar-refractivity contribution >= 4 is 32.9 Å². The fourth-order valence-corrected chi connectivity index (χ4v) is 6.73. The molecule has 0 saturated carbocycles. The molecule has 1 heterocycles. The summed E-state index contributed by atoms with van der Waals surface area (Å²) >= 11 is 3.63. The van der Waals surface area contributed by atoms with E-state index in [2.05, 4.69) is 43.6 Å². The SMILES string of the molecule is CCCNCc1nc(CSCCNC(=CS(=O)(=O)c2ccccc2C)NCCC(C)C)c(CC)s1. The van der Waals surface area contributed by atoms with Crippen molar-refractivity contribution in [3.63, 3.8) is 0 Å². The first kappa shape index (κ1) is 29.7. The lowest BCUT2D eigenvalue weighted by molar-refractivity contribution is 0.551. The van der Waals surface area contributed by atoms with E-state index in [0.717, 1.165) is 61.0 Å². The van der Waals surface area contributed by atoms with Gasteiger partial charge in [-0.3, -0.25) is 0 Å². The molecule has 1 aromatic heterocycles. The molecule has 0 aliphatic rings. The number of nitrogens with zero attached hydrogens (tertiary/aromatic N) is 1. The Labute approximate surface area is 220 Å². The first-order chi connectivity index (χ1) is 16.8. The van der Waals surface area contributed by atoms with E-state index in [1.165, 1.54) is 16.0 Å². The fraction of sp³-hybridized carbons (Fsp3) is 0.577. The summed E-state index contributed by atoms with van der Waals surface area (Å²) in [4.78, 5) is 6.55. The maximum absolute atomic E-state index is 13.0. The monoisotopic (exact) mass is 538 g/mol. The van der Waals surface area contributed by atoms with Gasteiger partial charge in [-0.15, -0.1) is 11.3 Å². The van der Waals surface area contributed by atoms with Gasteiger partial charge in [0, 0.05) is 36.0 Å². The highest BCUT2D eigenvalue weighted by molar-refractivity contribution is 7.98. The van der Waals surface area contributed by atoms with Gasteiger partial charge >= 0.3 is 0 Å². The van der Waals surface area contributed by atoms with Crippen LogP contribution < -0.4 is 16.0 Å². The summed E-state index contributed by atoms with van der Waals surface area (Å²) in [7, 11) is -3.55. The lowest BCUT2D eigenvalue weighted by Crippen LogP contribution is -2.30. The molecule has 196 valence electrons. The van der Waals surface area contributed by atoms with Crippen molar-refractivity contribution in [3.8, 4) is 0 Å².